The van der Waals surface area contributed by atoms with E-state index in [2.05, 4.69) is 15.3 Å². The fourth-order valence-corrected chi connectivity index (χ4v) is 1.97. The molecule has 0 aliphatic heterocycles. The van der Waals surface area contributed by atoms with Crippen molar-refractivity contribution >= 4 is 40.7 Å². The fourth-order valence-electron chi connectivity index (χ4n) is 1.44. The highest BCUT2D eigenvalue weighted by Crippen LogP contribution is 2.23. The summed E-state index contributed by atoms with van der Waals surface area (Å²) in [6, 6.07) is 2.89. The second-order valence-electron chi connectivity index (χ2n) is 3.73. The largest absolute Gasteiger partial charge is 0.364 e. The van der Waals surface area contributed by atoms with Gasteiger partial charge in [0.15, 0.2) is 0 Å². The van der Waals surface area contributed by atoms with Crippen molar-refractivity contribution in [2.45, 2.75) is 0 Å². The monoisotopic (exact) mass is 310 g/mol. The summed E-state index contributed by atoms with van der Waals surface area (Å²) in [6.45, 7) is 0. The Morgan fingerprint density at radius 1 is 1.10 bits per heavy atom. The second kappa shape index (κ2) is 5.85. The molecule has 0 bridgehead atoms. The molecular weight excluding hydrogens is 303 g/mol. The molecule has 0 saturated carbocycles. The highest BCUT2D eigenvalue weighted by atomic mass is 35.5. The molecule has 20 heavy (non-hydrogen) atoms. The van der Waals surface area contributed by atoms with Gasteiger partial charge in [0.25, 0.3) is 11.8 Å². The van der Waals surface area contributed by atoms with Crippen LogP contribution in [-0.4, -0.2) is 21.8 Å². The van der Waals surface area contributed by atoms with Crippen LogP contribution >= 0.6 is 23.2 Å². The Balaban J connectivity index is 2.21. The summed E-state index contributed by atoms with van der Waals surface area (Å²) in [6.07, 6.45) is 3.94. The number of carbonyl (C=O) groups excluding carboxylic acids is 2. The van der Waals surface area contributed by atoms with Crippen LogP contribution in [0.5, 0.6) is 0 Å². The molecule has 2 aromatic heterocycles. The first-order chi connectivity index (χ1) is 9.49. The Kier molecular flexibility index (Phi) is 4.16. The molecule has 3 N–H and O–H groups in total. The number of nitrogens with one attached hydrogen (secondary N) is 1. The van der Waals surface area contributed by atoms with Crippen LogP contribution in [-0.2, 0) is 0 Å². The van der Waals surface area contributed by atoms with E-state index in [0.717, 1.165) is 0 Å². The molecule has 0 fully saturated rings. The fraction of sp³-hybridized carbons (Fsp3) is 0. The van der Waals surface area contributed by atoms with Gasteiger partial charge in [-0.25, -0.2) is 4.98 Å². The summed E-state index contributed by atoms with van der Waals surface area (Å²) in [5, 5.41) is 2.83. The molecule has 2 amide bonds. The van der Waals surface area contributed by atoms with Crippen LogP contribution in [0.15, 0.2) is 30.7 Å². The standard InChI is InChI=1S/C12H8Cl2N4O2/c13-7-4-16-5-8(14)10(7)12(20)18-6-1-2-9(11(15)19)17-3-6/h1-5H,(H2,15,19)(H,18,20). The molecule has 2 aromatic rings. The number of carbonyl (C=O) groups is 2. The molecule has 0 aromatic carbocycles. The Bertz CT molecular complexity index is 653. The van der Waals surface area contributed by atoms with E-state index in [4.69, 9.17) is 28.9 Å². The van der Waals surface area contributed by atoms with Gasteiger partial charge >= 0.3 is 0 Å². The number of aromatic nitrogens is 2. The average molecular weight is 311 g/mol. The zero-order valence-electron chi connectivity index (χ0n) is 9.93. The van der Waals surface area contributed by atoms with Crippen LogP contribution < -0.4 is 11.1 Å². The van der Waals surface area contributed by atoms with Crippen molar-refractivity contribution in [3.63, 3.8) is 0 Å². The first kappa shape index (κ1) is 14.2. The van der Waals surface area contributed by atoms with E-state index in [9.17, 15) is 9.59 Å². The van der Waals surface area contributed by atoms with Crippen molar-refractivity contribution in [2.75, 3.05) is 5.32 Å². The number of amides is 2. The summed E-state index contributed by atoms with van der Waals surface area (Å²) in [5.41, 5.74) is 5.66. The molecule has 0 spiro atoms. The Morgan fingerprint density at radius 2 is 1.75 bits per heavy atom. The van der Waals surface area contributed by atoms with Crippen molar-refractivity contribution in [2.24, 2.45) is 5.73 Å². The Labute approximate surface area is 123 Å². The van der Waals surface area contributed by atoms with Crippen LogP contribution in [0.3, 0.4) is 0 Å². The number of hydrogen-bond donors (Lipinski definition) is 2. The van der Waals surface area contributed by atoms with Crippen molar-refractivity contribution in [3.8, 4) is 0 Å². The third-order valence-corrected chi connectivity index (χ3v) is 2.93. The topological polar surface area (TPSA) is 98.0 Å². The van der Waals surface area contributed by atoms with Crippen LogP contribution in [0.25, 0.3) is 0 Å². The molecule has 0 aliphatic carbocycles. The van der Waals surface area contributed by atoms with E-state index in [1.54, 1.807) is 0 Å². The minimum atomic E-state index is -0.650. The van der Waals surface area contributed by atoms with Gasteiger partial charge in [-0.15, -0.1) is 0 Å². The van der Waals surface area contributed by atoms with Crippen LogP contribution in [0.1, 0.15) is 20.8 Å². The zero-order chi connectivity index (χ0) is 14.7. The van der Waals surface area contributed by atoms with Crippen molar-refractivity contribution in [1.82, 2.24) is 9.97 Å². The van der Waals surface area contributed by atoms with Crippen molar-refractivity contribution in [3.05, 3.63) is 52.0 Å². The third-order valence-electron chi connectivity index (χ3n) is 2.35. The van der Waals surface area contributed by atoms with Gasteiger partial charge < -0.3 is 11.1 Å². The van der Waals surface area contributed by atoms with Gasteiger partial charge in [-0.3, -0.25) is 14.6 Å². The number of anilines is 1. The maximum Gasteiger partial charge on any atom is 0.267 e. The van der Waals surface area contributed by atoms with Crippen LogP contribution in [0.4, 0.5) is 5.69 Å². The normalized spacial score (nSPS) is 10.1. The van der Waals surface area contributed by atoms with Crippen molar-refractivity contribution in [1.29, 1.82) is 0 Å². The molecule has 8 heteroatoms. The highest BCUT2D eigenvalue weighted by Gasteiger charge is 2.15. The third kappa shape index (κ3) is 3.04. The minimum absolute atomic E-state index is 0.1000. The number of halogens is 2. The summed E-state index contributed by atoms with van der Waals surface area (Å²) < 4.78 is 0. The predicted molar refractivity (Wildman–Crippen MR) is 75.0 cm³/mol. The first-order valence-electron chi connectivity index (χ1n) is 5.35. The number of hydrogen-bond acceptors (Lipinski definition) is 4. The lowest BCUT2D eigenvalue weighted by Gasteiger charge is -2.07. The van der Waals surface area contributed by atoms with Gasteiger partial charge in [-0.05, 0) is 12.1 Å². The van der Waals surface area contributed by atoms with Gasteiger partial charge in [0.05, 0.1) is 27.5 Å². The Hall–Kier alpha value is -2.18. The number of rotatable bonds is 3. The zero-order valence-corrected chi connectivity index (χ0v) is 11.4. The molecule has 0 unspecified atom stereocenters. The molecule has 0 atom stereocenters. The smallest absolute Gasteiger partial charge is 0.267 e. The maximum atomic E-state index is 12.0. The van der Waals surface area contributed by atoms with E-state index >= 15 is 0 Å². The lowest BCUT2D eigenvalue weighted by molar-refractivity contribution is 0.0994. The molecule has 6 nitrogen and oxygen atoms in total. The Morgan fingerprint density at radius 3 is 2.25 bits per heavy atom. The van der Waals surface area contributed by atoms with E-state index in [1.807, 2.05) is 0 Å². The van der Waals surface area contributed by atoms with E-state index in [1.165, 1.54) is 30.7 Å². The van der Waals surface area contributed by atoms with Gasteiger partial charge in [0, 0.05) is 12.4 Å². The molecule has 0 saturated heterocycles. The molecule has 0 aliphatic rings. The van der Waals surface area contributed by atoms with Gasteiger partial charge in [-0.2, -0.15) is 0 Å². The number of nitrogens with zero attached hydrogens (tertiary/aromatic N) is 2. The minimum Gasteiger partial charge on any atom is -0.364 e. The van der Waals surface area contributed by atoms with Gasteiger partial charge in [0.2, 0.25) is 0 Å². The predicted octanol–water partition coefficient (Wildman–Crippen LogP) is 2.13. The number of pyridine rings is 2. The molecule has 2 rings (SSSR count). The van der Waals surface area contributed by atoms with E-state index in [-0.39, 0.29) is 21.3 Å². The molecular formula is C12H8Cl2N4O2. The molecule has 0 radical (unpaired) electrons. The highest BCUT2D eigenvalue weighted by molar-refractivity contribution is 6.40. The summed E-state index contributed by atoms with van der Waals surface area (Å²) in [5.74, 6) is -1.15. The average Bonchev–Trinajstić information content (AvgIpc) is 2.39. The first-order valence-corrected chi connectivity index (χ1v) is 6.11. The molecule has 102 valence electrons. The SMILES string of the molecule is NC(=O)c1ccc(NC(=O)c2c(Cl)cncc2Cl)cn1. The number of nitrogens with two attached hydrogens (primary N) is 1. The van der Waals surface area contributed by atoms with Crippen LogP contribution in [0.2, 0.25) is 10.0 Å². The lowest BCUT2D eigenvalue weighted by Crippen LogP contribution is -2.15. The van der Waals surface area contributed by atoms with Gasteiger partial charge in [-0.1, -0.05) is 23.2 Å². The summed E-state index contributed by atoms with van der Waals surface area (Å²) in [7, 11) is 0. The van der Waals surface area contributed by atoms with Crippen molar-refractivity contribution < 1.29 is 9.59 Å². The van der Waals surface area contributed by atoms with E-state index in [0.29, 0.717) is 5.69 Å². The second-order valence-corrected chi connectivity index (χ2v) is 4.54. The molecule has 2 heterocycles. The quantitative estimate of drug-likeness (QED) is 0.907. The van der Waals surface area contributed by atoms with Crippen LogP contribution in [0, 0.1) is 0 Å². The number of primary amides is 1. The van der Waals surface area contributed by atoms with Gasteiger partial charge in [0.1, 0.15) is 5.69 Å². The maximum absolute atomic E-state index is 12.0. The lowest BCUT2D eigenvalue weighted by atomic mass is 10.2. The summed E-state index contributed by atoms with van der Waals surface area (Å²) >= 11 is 11.7. The van der Waals surface area contributed by atoms with E-state index < -0.39 is 11.8 Å². The summed E-state index contributed by atoms with van der Waals surface area (Å²) in [4.78, 5) is 30.5.